The van der Waals surface area contributed by atoms with E-state index in [0.29, 0.717) is 43.2 Å². The highest BCUT2D eigenvalue weighted by Gasteiger charge is 2.40. The highest BCUT2D eigenvalue weighted by Crippen LogP contribution is 2.34. The van der Waals surface area contributed by atoms with Crippen LogP contribution in [0.5, 0.6) is 5.75 Å². The number of piperidine rings is 1. The van der Waals surface area contributed by atoms with Crippen LogP contribution in [0.4, 0.5) is 4.39 Å². The number of ether oxygens (including phenoxy) is 2. The summed E-state index contributed by atoms with van der Waals surface area (Å²) in [6.07, 6.45) is 0.414. The minimum atomic E-state index is -2.01. The van der Waals surface area contributed by atoms with Crippen molar-refractivity contribution in [1.82, 2.24) is 15.1 Å². The first kappa shape index (κ1) is 20.1. The van der Waals surface area contributed by atoms with Crippen LogP contribution in [0.3, 0.4) is 0 Å². The highest BCUT2D eigenvalue weighted by atomic mass is 19.1. The molecule has 8 nitrogen and oxygen atoms in total. The third-order valence-corrected chi connectivity index (χ3v) is 6.29. The molecule has 3 amide bonds. The van der Waals surface area contributed by atoms with Gasteiger partial charge in [0.05, 0.1) is 19.8 Å². The Balaban J connectivity index is 1.34. The molecule has 3 aliphatic rings. The lowest BCUT2D eigenvalue weighted by Gasteiger charge is -2.29. The van der Waals surface area contributed by atoms with E-state index >= 15 is 4.39 Å². The Morgan fingerprint density at radius 2 is 1.88 bits per heavy atom. The minimum absolute atomic E-state index is 0.0667. The number of hydrogen-bond donors (Lipinski definition) is 1. The van der Waals surface area contributed by atoms with Crippen molar-refractivity contribution in [2.45, 2.75) is 38.5 Å². The molecule has 0 spiro atoms. The molecule has 5 rings (SSSR count). The second kappa shape index (κ2) is 9.52. The van der Waals surface area contributed by atoms with Crippen LogP contribution in [0.1, 0.15) is 42.6 Å². The van der Waals surface area contributed by atoms with Gasteiger partial charge in [0.2, 0.25) is 11.8 Å². The van der Waals surface area contributed by atoms with Gasteiger partial charge in [-0.15, -0.1) is 0 Å². The molecule has 1 N–H and O–H groups in total. The normalized spacial score (nSPS) is 22.2. The number of imide groups is 1. The molecule has 0 radical (unpaired) electrons. The first-order valence-corrected chi connectivity index (χ1v) is 11.3. The van der Waals surface area contributed by atoms with Crippen LogP contribution in [0, 0.1) is 5.82 Å². The molecule has 2 saturated heterocycles. The summed E-state index contributed by atoms with van der Waals surface area (Å²) >= 11 is 0. The average Bonchev–Trinajstić information content (AvgIpc) is 3.20. The topological polar surface area (TPSA) is 88.2 Å². The molecule has 1 atom stereocenters. The largest absolute Gasteiger partial charge is 0.488 e. The molecular weight excluding hydrogens is 441 g/mol. The SMILES string of the molecule is [2H]C([2H])(c1cccc(COc2cccc3c2CN(C2CCC(=O)NC2=O)C3=O)c1F)N1CCOCC1. The van der Waals surface area contributed by atoms with Crippen LogP contribution in [0.15, 0.2) is 36.4 Å². The average molecular weight is 470 g/mol. The maximum absolute atomic E-state index is 15.4. The number of halogens is 1. The number of carbonyl (C=O) groups excluding carboxylic acids is 3. The van der Waals surface area contributed by atoms with Crippen molar-refractivity contribution in [3.05, 3.63) is 64.5 Å². The number of morpholine rings is 1. The van der Waals surface area contributed by atoms with E-state index in [-0.39, 0.29) is 48.9 Å². The van der Waals surface area contributed by atoms with Crippen molar-refractivity contribution in [2.75, 3.05) is 26.3 Å². The fourth-order valence-corrected chi connectivity index (χ4v) is 4.47. The Bertz CT molecular complexity index is 1220. The van der Waals surface area contributed by atoms with Crippen LogP contribution in [-0.2, 0) is 34.0 Å². The van der Waals surface area contributed by atoms with Gasteiger partial charge in [-0.05, 0) is 18.6 Å². The summed E-state index contributed by atoms with van der Waals surface area (Å²) in [6.45, 7) is -0.537. The Morgan fingerprint density at radius 3 is 2.68 bits per heavy atom. The van der Waals surface area contributed by atoms with Crippen molar-refractivity contribution in [3.63, 3.8) is 0 Å². The van der Waals surface area contributed by atoms with E-state index in [1.807, 2.05) is 0 Å². The molecular formula is C25H26FN3O5. The van der Waals surface area contributed by atoms with Crippen molar-refractivity contribution in [1.29, 1.82) is 0 Å². The number of carbonyl (C=O) groups is 3. The minimum Gasteiger partial charge on any atom is -0.488 e. The second-order valence-corrected chi connectivity index (χ2v) is 8.46. The third kappa shape index (κ3) is 4.41. The van der Waals surface area contributed by atoms with Gasteiger partial charge < -0.3 is 14.4 Å². The summed E-state index contributed by atoms with van der Waals surface area (Å²) < 4.78 is 43.7. The quantitative estimate of drug-likeness (QED) is 0.652. The molecule has 0 aromatic heterocycles. The van der Waals surface area contributed by atoms with Crippen LogP contribution < -0.4 is 10.1 Å². The molecule has 3 aliphatic heterocycles. The summed E-state index contributed by atoms with van der Waals surface area (Å²) in [5.74, 6) is -1.47. The number of nitrogens with zero attached hydrogens (tertiary/aromatic N) is 2. The summed E-state index contributed by atoms with van der Waals surface area (Å²) in [6, 6.07) is 8.81. The van der Waals surface area contributed by atoms with E-state index < -0.39 is 24.3 Å². The molecule has 0 bridgehead atoms. The standard InChI is InChI=1S/C25H26FN3O5/c26-23-16(13-28-9-11-33-12-10-28)3-1-4-17(23)15-34-21-6-2-5-18-19(21)14-29(25(18)32)20-7-8-22(30)27-24(20)31/h1-6,20H,7-15H2,(H,27,30,31)/i13D2. The van der Waals surface area contributed by atoms with Gasteiger partial charge in [-0.1, -0.05) is 24.3 Å². The van der Waals surface area contributed by atoms with Gasteiger partial charge in [0.15, 0.2) is 0 Å². The summed E-state index contributed by atoms with van der Waals surface area (Å²) in [7, 11) is 0. The zero-order valence-electron chi connectivity index (χ0n) is 20.5. The van der Waals surface area contributed by atoms with E-state index in [2.05, 4.69) is 5.32 Å². The van der Waals surface area contributed by atoms with Crippen molar-refractivity contribution in [3.8, 4) is 5.75 Å². The molecule has 2 fully saturated rings. The number of amides is 3. The first-order chi connectivity index (χ1) is 17.3. The van der Waals surface area contributed by atoms with E-state index in [9.17, 15) is 14.4 Å². The van der Waals surface area contributed by atoms with E-state index in [4.69, 9.17) is 12.2 Å². The highest BCUT2D eigenvalue weighted by molar-refractivity contribution is 6.05. The second-order valence-electron chi connectivity index (χ2n) is 8.46. The van der Waals surface area contributed by atoms with Crippen LogP contribution >= 0.6 is 0 Å². The molecule has 2 aromatic rings. The van der Waals surface area contributed by atoms with Crippen LogP contribution in [0.25, 0.3) is 0 Å². The number of nitrogens with one attached hydrogen (secondary N) is 1. The maximum Gasteiger partial charge on any atom is 0.255 e. The van der Waals surface area contributed by atoms with Gasteiger partial charge in [-0.25, -0.2) is 4.39 Å². The van der Waals surface area contributed by atoms with Crippen molar-refractivity contribution in [2.24, 2.45) is 0 Å². The van der Waals surface area contributed by atoms with Gasteiger partial charge in [0, 0.05) is 51.0 Å². The first-order valence-electron chi connectivity index (χ1n) is 12.3. The van der Waals surface area contributed by atoms with Gasteiger partial charge in [-0.3, -0.25) is 24.6 Å². The Labute approximate surface area is 199 Å². The van der Waals surface area contributed by atoms with Gasteiger partial charge in [0.1, 0.15) is 24.2 Å². The molecule has 1 unspecified atom stereocenters. The van der Waals surface area contributed by atoms with Crippen molar-refractivity contribution < 1.29 is 31.0 Å². The van der Waals surface area contributed by atoms with E-state index in [0.717, 1.165) is 0 Å². The summed E-state index contributed by atoms with van der Waals surface area (Å²) in [5, 5.41) is 2.28. The number of fused-ring (bicyclic) bond motifs is 1. The fourth-order valence-electron chi connectivity index (χ4n) is 4.47. The maximum atomic E-state index is 15.4. The molecule has 0 aliphatic carbocycles. The fraction of sp³-hybridized carbons (Fsp3) is 0.400. The Morgan fingerprint density at radius 1 is 1.12 bits per heavy atom. The molecule has 34 heavy (non-hydrogen) atoms. The predicted octanol–water partition coefficient (Wildman–Crippen LogP) is 2.00. The lowest BCUT2D eigenvalue weighted by molar-refractivity contribution is -0.136. The van der Waals surface area contributed by atoms with Gasteiger partial charge in [-0.2, -0.15) is 0 Å². The number of hydrogen-bond acceptors (Lipinski definition) is 6. The lowest BCUT2D eigenvalue weighted by atomic mass is 10.0. The summed E-state index contributed by atoms with van der Waals surface area (Å²) in [5.41, 5.74) is 1.11. The number of benzene rings is 2. The molecule has 0 saturated carbocycles. The zero-order valence-corrected chi connectivity index (χ0v) is 18.5. The van der Waals surface area contributed by atoms with Crippen molar-refractivity contribution >= 4 is 17.7 Å². The molecule has 2 aromatic carbocycles. The Kier molecular flexibility index (Phi) is 5.63. The van der Waals surface area contributed by atoms with Crippen LogP contribution in [-0.4, -0.2) is 59.9 Å². The molecule has 178 valence electrons. The smallest absolute Gasteiger partial charge is 0.255 e. The summed E-state index contributed by atoms with van der Waals surface area (Å²) in [4.78, 5) is 39.8. The van der Waals surface area contributed by atoms with Gasteiger partial charge in [0.25, 0.3) is 5.91 Å². The third-order valence-electron chi connectivity index (χ3n) is 6.29. The predicted molar refractivity (Wildman–Crippen MR) is 119 cm³/mol. The monoisotopic (exact) mass is 469 g/mol. The Hall–Kier alpha value is -3.30. The van der Waals surface area contributed by atoms with Crippen LogP contribution in [0.2, 0.25) is 0 Å². The number of rotatable bonds is 6. The lowest BCUT2D eigenvalue weighted by Crippen LogP contribution is -2.52. The molecule has 3 heterocycles. The molecule has 9 heteroatoms. The van der Waals surface area contributed by atoms with Gasteiger partial charge >= 0.3 is 0 Å². The zero-order chi connectivity index (χ0) is 25.4. The van der Waals surface area contributed by atoms with E-state index in [1.165, 1.54) is 17.0 Å². The van der Waals surface area contributed by atoms with E-state index in [1.54, 1.807) is 29.2 Å².